The molecule has 2 rings (SSSR count). The summed E-state index contributed by atoms with van der Waals surface area (Å²) in [5.41, 5.74) is 1.66. The van der Waals surface area contributed by atoms with Gasteiger partial charge in [0, 0.05) is 11.5 Å². The van der Waals surface area contributed by atoms with E-state index in [0.717, 1.165) is 11.3 Å². The van der Waals surface area contributed by atoms with E-state index in [-0.39, 0.29) is 11.9 Å². The summed E-state index contributed by atoms with van der Waals surface area (Å²) in [7, 11) is 1.63. The first-order valence-electron chi connectivity index (χ1n) is 8.53. The van der Waals surface area contributed by atoms with Gasteiger partial charge in [0.2, 0.25) is 0 Å². The maximum atomic E-state index is 12.4. The first-order chi connectivity index (χ1) is 12.0. The number of hydrogen-bond acceptors (Lipinski definition) is 4. The number of methoxy groups -OCH3 is 1. The predicted octanol–water partition coefficient (Wildman–Crippen LogP) is 3.87. The monoisotopic (exact) mass is 342 g/mol. The molecule has 4 heteroatoms. The predicted molar refractivity (Wildman–Crippen MR) is 97.8 cm³/mol. The van der Waals surface area contributed by atoms with Crippen molar-refractivity contribution in [3.63, 3.8) is 0 Å². The van der Waals surface area contributed by atoms with Gasteiger partial charge in [-0.25, -0.2) is 0 Å². The van der Waals surface area contributed by atoms with Crippen LogP contribution >= 0.6 is 0 Å². The van der Waals surface area contributed by atoms with E-state index in [1.54, 1.807) is 26.2 Å². The molecule has 0 unspecified atom stereocenters. The highest BCUT2D eigenvalue weighted by atomic mass is 16.5. The maximum Gasteiger partial charge on any atom is 0.168 e. The van der Waals surface area contributed by atoms with Crippen molar-refractivity contribution in [2.75, 3.05) is 7.11 Å². The van der Waals surface area contributed by atoms with E-state index in [0.29, 0.717) is 18.6 Å². The van der Waals surface area contributed by atoms with E-state index >= 15 is 0 Å². The van der Waals surface area contributed by atoms with Gasteiger partial charge >= 0.3 is 0 Å². The second-order valence-electron chi connectivity index (χ2n) is 6.29. The number of carbonyl (C=O) groups excluding carboxylic acids is 1. The van der Waals surface area contributed by atoms with E-state index in [1.807, 2.05) is 49.4 Å². The van der Waals surface area contributed by atoms with Crippen LogP contribution in [0.3, 0.4) is 0 Å². The number of benzene rings is 2. The van der Waals surface area contributed by atoms with Gasteiger partial charge in [-0.15, -0.1) is 0 Å². The van der Waals surface area contributed by atoms with Crippen molar-refractivity contribution in [3.8, 4) is 5.75 Å². The number of carbonyl (C=O) groups is 1. The van der Waals surface area contributed by atoms with Gasteiger partial charge in [0.15, 0.2) is 5.78 Å². The molecule has 0 saturated carbocycles. The van der Waals surface area contributed by atoms with Crippen LogP contribution < -0.4 is 4.74 Å². The van der Waals surface area contributed by atoms with Crippen molar-refractivity contribution in [2.45, 2.75) is 39.1 Å². The Morgan fingerprint density at radius 3 is 2.28 bits per heavy atom. The molecule has 0 aliphatic carbocycles. The molecule has 0 amide bonds. The smallest absolute Gasteiger partial charge is 0.168 e. The van der Waals surface area contributed by atoms with E-state index in [4.69, 9.17) is 9.47 Å². The second kappa shape index (κ2) is 9.35. The highest BCUT2D eigenvalue weighted by molar-refractivity contribution is 5.97. The van der Waals surface area contributed by atoms with Crippen LogP contribution in [0.5, 0.6) is 5.75 Å². The van der Waals surface area contributed by atoms with Crippen molar-refractivity contribution in [2.24, 2.45) is 5.92 Å². The van der Waals surface area contributed by atoms with Gasteiger partial charge in [0.05, 0.1) is 25.9 Å². The highest BCUT2D eigenvalue weighted by Crippen LogP contribution is 2.18. The summed E-state index contributed by atoms with van der Waals surface area (Å²) in [5, 5.41) is 10.4. The van der Waals surface area contributed by atoms with Gasteiger partial charge in [-0.05, 0) is 31.0 Å². The van der Waals surface area contributed by atoms with Crippen LogP contribution in [0.1, 0.15) is 36.2 Å². The molecule has 2 aromatic rings. The Morgan fingerprint density at radius 1 is 1.04 bits per heavy atom. The zero-order chi connectivity index (χ0) is 18.2. The molecule has 25 heavy (non-hydrogen) atoms. The number of ether oxygens (including phenoxy) is 2. The van der Waals surface area contributed by atoms with Crippen molar-refractivity contribution in [1.82, 2.24) is 0 Å². The lowest BCUT2D eigenvalue weighted by atomic mass is 9.91. The third-order valence-electron chi connectivity index (χ3n) is 4.32. The zero-order valence-electron chi connectivity index (χ0n) is 15.0. The quantitative estimate of drug-likeness (QED) is 0.703. The lowest BCUT2D eigenvalue weighted by Crippen LogP contribution is -2.29. The highest BCUT2D eigenvalue weighted by Gasteiger charge is 2.24. The van der Waals surface area contributed by atoms with Crippen LogP contribution in [0.25, 0.3) is 0 Å². The fraction of sp³-hybridized carbons (Fsp3) is 0.381. The van der Waals surface area contributed by atoms with Gasteiger partial charge in [0.1, 0.15) is 5.75 Å². The number of ketones is 1. The van der Waals surface area contributed by atoms with Gasteiger partial charge in [0.25, 0.3) is 0 Å². The number of aliphatic hydroxyl groups excluding tert-OH is 1. The maximum absolute atomic E-state index is 12.4. The SMILES string of the molecule is COc1ccc(CO[C@H](C)C[C@H](O)[C@@H](C)C(=O)c2ccccc2)cc1. The summed E-state index contributed by atoms with van der Waals surface area (Å²) in [5.74, 6) is 0.297. The van der Waals surface area contributed by atoms with Crippen molar-refractivity contribution < 1.29 is 19.4 Å². The van der Waals surface area contributed by atoms with E-state index in [2.05, 4.69) is 0 Å². The first kappa shape index (κ1) is 19.2. The average molecular weight is 342 g/mol. The van der Waals surface area contributed by atoms with Crippen LogP contribution in [0.2, 0.25) is 0 Å². The summed E-state index contributed by atoms with van der Waals surface area (Å²) in [6, 6.07) is 16.7. The molecule has 0 spiro atoms. The van der Waals surface area contributed by atoms with Crippen LogP contribution in [-0.2, 0) is 11.3 Å². The van der Waals surface area contributed by atoms with Gasteiger partial charge in [-0.3, -0.25) is 4.79 Å². The summed E-state index contributed by atoms with van der Waals surface area (Å²) in [6.07, 6.45) is -0.475. The Bertz CT molecular complexity index is 651. The molecular weight excluding hydrogens is 316 g/mol. The minimum Gasteiger partial charge on any atom is -0.497 e. The fourth-order valence-electron chi connectivity index (χ4n) is 2.61. The third kappa shape index (κ3) is 5.69. The largest absolute Gasteiger partial charge is 0.497 e. The van der Waals surface area contributed by atoms with Crippen LogP contribution in [0, 0.1) is 5.92 Å². The Kier molecular flexibility index (Phi) is 7.16. The minimum atomic E-state index is -0.737. The lowest BCUT2D eigenvalue weighted by molar-refractivity contribution is 0.00236. The zero-order valence-corrected chi connectivity index (χ0v) is 15.0. The average Bonchev–Trinajstić information content (AvgIpc) is 2.66. The molecule has 1 N–H and O–H groups in total. The van der Waals surface area contributed by atoms with Crippen LogP contribution in [0.15, 0.2) is 54.6 Å². The standard InChI is InChI=1S/C21H26O4/c1-15(25-14-17-9-11-19(24-3)12-10-17)13-20(22)16(2)21(23)18-7-5-4-6-8-18/h4-12,15-16,20,22H,13-14H2,1-3H3/t15-,16-,20+/m1/s1. The summed E-state index contributed by atoms with van der Waals surface area (Å²) in [6.45, 7) is 4.13. The Hall–Kier alpha value is -2.17. The minimum absolute atomic E-state index is 0.0459. The number of aliphatic hydroxyl groups is 1. The van der Waals surface area contributed by atoms with E-state index < -0.39 is 12.0 Å². The van der Waals surface area contributed by atoms with Gasteiger partial charge in [-0.1, -0.05) is 49.4 Å². The van der Waals surface area contributed by atoms with Gasteiger partial charge in [-0.2, -0.15) is 0 Å². The lowest BCUT2D eigenvalue weighted by Gasteiger charge is -2.22. The molecule has 0 aliphatic rings. The summed E-state index contributed by atoms with van der Waals surface area (Å²) in [4.78, 5) is 12.4. The van der Waals surface area contributed by atoms with Crippen molar-refractivity contribution in [3.05, 3.63) is 65.7 Å². The third-order valence-corrected chi connectivity index (χ3v) is 4.32. The number of Topliss-reactive ketones (excluding diaryl/α,β-unsaturated/α-hetero) is 1. The molecule has 134 valence electrons. The summed E-state index contributed by atoms with van der Waals surface area (Å²) < 4.78 is 10.9. The molecular formula is C21H26O4. The molecule has 0 bridgehead atoms. The molecule has 0 radical (unpaired) electrons. The molecule has 3 atom stereocenters. The van der Waals surface area contributed by atoms with E-state index in [9.17, 15) is 9.90 Å². The normalized spacial score (nSPS) is 14.6. The molecule has 0 saturated heterocycles. The Balaban J connectivity index is 1.82. The van der Waals surface area contributed by atoms with Crippen LogP contribution in [-0.4, -0.2) is 30.2 Å². The van der Waals surface area contributed by atoms with E-state index in [1.165, 1.54) is 0 Å². The Morgan fingerprint density at radius 2 is 1.68 bits per heavy atom. The fourth-order valence-corrected chi connectivity index (χ4v) is 2.61. The first-order valence-corrected chi connectivity index (χ1v) is 8.53. The van der Waals surface area contributed by atoms with Crippen molar-refractivity contribution >= 4 is 5.78 Å². The summed E-state index contributed by atoms with van der Waals surface area (Å²) >= 11 is 0. The molecule has 0 aromatic heterocycles. The molecule has 0 heterocycles. The number of rotatable bonds is 9. The molecule has 2 aromatic carbocycles. The molecule has 0 aliphatic heterocycles. The topological polar surface area (TPSA) is 55.8 Å². The van der Waals surface area contributed by atoms with Crippen LogP contribution in [0.4, 0.5) is 0 Å². The molecule has 0 fully saturated rings. The second-order valence-corrected chi connectivity index (χ2v) is 6.29. The number of hydrogen-bond donors (Lipinski definition) is 1. The Labute approximate surface area is 149 Å². The van der Waals surface area contributed by atoms with Gasteiger partial charge < -0.3 is 14.6 Å². The van der Waals surface area contributed by atoms with Crippen molar-refractivity contribution in [1.29, 1.82) is 0 Å². The molecule has 4 nitrogen and oxygen atoms in total.